The van der Waals surface area contributed by atoms with Crippen LogP contribution in [0.3, 0.4) is 0 Å². The molecule has 0 unspecified atom stereocenters. The largest absolute Gasteiger partial charge is 0.394 e. The Morgan fingerprint density at radius 3 is 2.40 bits per heavy atom. The van der Waals surface area contributed by atoms with Gasteiger partial charge in [0.2, 0.25) is 0 Å². The number of Topliss-reactive ketones (excluding diaryl/α,β-unsaturated/α-hetero) is 1. The second-order valence-electron chi connectivity index (χ2n) is 3.32. The van der Waals surface area contributed by atoms with Gasteiger partial charge in [0.25, 0.3) is 0 Å². The Morgan fingerprint density at radius 1 is 1.33 bits per heavy atom. The molecule has 0 saturated carbocycles. The van der Waals surface area contributed by atoms with Crippen molar-refractivity contribution in [3.05, 3.63) is 0 Å². The average molecular weight is 221 g/mol. The Kier molecular flexibility index (Phi) is 7.45. The molecule has 0 rings (SSSR count). The third-order valence-electron chi connectivity index (χ3n) is 1.94. The number of hydrogen-bond acceptors (Lipinski definition) is 6. The standard InChI is InChI=1S/C9H19NO5/c1-2-3-10-4-6(12)8(14)9(15)7(13)5-11/h6-7,9-13,15H,2-5H2,1H3/t6-,7+,9-/m1/s1. The van der Waals surface area contributed by atoms with E-state index in [1.165, 1.54) is 0 Å². The van der Waals surface area contributed by atoms with Crippen LogP contribution in [0.5, 0.6) is 0 Å². The molecule has 5 N–H and O–H groups in total. The van der Waals surface area contributed by atoms with Gasteiger partial charge in [0.05, 0.1) is 6.61 Å². The zero-order chi connectivity index (χ0) is 11.8. The summed E-state index contributed by atoms with van der Waals surface area (Å²) in [5.41, 5.74) is 0. The summed E-state index contributed by atoms with van der Waals surface area (Å²) in [7, 11) is 0. The predicted octanol–water partition coefficient (Wildman–Crippen LogP) is -2.37. The minimum Gasteiger partial charge on any atom is -0.394 e. The highest BCUT2D eigenvalue weighted by atomic mass is 16.4. The number of ketones is 1. The number of carbonyl (C=O) groups excluding carboxylic acids is 1. The maximum Gasteiger partial charge on any atom is 0.193 e. The summed E-state index contributed by atoms with van der Waals surface area (Å²) >= 11 is 0. The molecule has 0 aromatic rings. The minimum atomic E-state index is -1.74. The molecule has 0 aliphatic heterocycles. The molecule has 3 atom stereocenters. The van der Waals surface area contributed by atoms with Crippen molar-refractivity contribution in [3.8, 4) is 0 Å². The van der Waals surface area contributed by atoms with E-state index in [2.05, 4.69) is 5.32 Å². The van der Waals surface area contributed by atoms with E-state index in [-0.39, 0.29) is 6.54 Å². The second-order valence-corrected chi connectivity index (χ2v) is 3.32. The summed E-state index contributed by atoms with van der Waals surface area (Å²) in [5.74, 6) is -0.889. The molecule has 0 saturated heterocycles. The molecule has 6 nitrogen and oxygen atoms in total. The number of aliphatic hydroxyl groups is 4. The molecule has 0 fully saturated rings. The molecule has 0 aliphatic rings. The van der Waals surface area contributed by atoms with Crippen molar-refractivity contribution >= 4 is 5.78 Å². The number of rotatable bonds is 8. The van der Waals surface area contributed by atoms with Gasteiger partial charge in [-0.3, -0.25) is 4.79 Å². The minimum absolute atomic E-state index is 0.0296. The number of aliphatic hydroxyl groups excluding tert-OH is 4. The van der Waals surface area contributed by atoms with E-state index in [0.29, 0.717) is 6.54 Å². The molecular formula is C9H19NO5. The van der Waals surface area contributed by atoms with Crippen LogP contribution in [0.15, 0.2) is 0 Å². The van der Waals surface area contributed by atoms with Crippen molar-refractivity contribution in [2.24, 2.45) is 0 Å². The first-order chi connectivity index (χ1) is 7.04. The normalized spacial score (nSPS) is 17.1. The molecule has 0 aliphatic carbocycles. The van der Waals surface area contributed by atoms with Crippen molar-refractivity contribution in [1.82, 2.24) is 5.32 Å². The topological polar surface area (TPSA) is 110 Å². The molecule has 0 spiro atoms. The zero-order valence-corrected chi connectivity index (χ0v) is 8.76. The second kappa shape index (κ2) is 7.72. The van der Waals surface area contributed by atoms with Crippen molar-refractivity contribution < 1.29 is 25.2 Å². The third-order valence-corrected chi connectivity index (χ3v) is 1.94. The fraction of sp³-hybridized carbons (Fsp3) is 0.889. The molecular weight excluding hydrogens is 202 g/mol. The van der Waals surface area contributed by atoms with Gasteiger partial charge in [-0.05, 0) is 13.0 Å². The molecule has 0 aromatic carbocycles. The maximum atomic E-state index is 11.2. The van der Waals surface area contributed by atoms with Crippen molar-refractivity contribution in [3.63, 3.8) is 0 Å². The highest BCUT2D eigenvalue weighted by Gasteiger charge is 2.28. The predicted molar refractivity (Wildman–Crippen MR) is 53.3 cm³/mol. The van der Waals surface area contributed by atoms with Crippen LogP contribution >= 0.6 is 0 Å². The smallest absolute Gasteiger partial charge is 0.193 e. The SMILES string of the molecule is CCCNC[C@@H](O)C(=O)[C@H](O)[C@@H](O)CO. The average Bonchev–Trinajstić information content (AvgIpc) is 2.26. The summed E-state index contributed by atoms with van der Waals surface area (Å²) in [5, 5.41) is 38.7. The fourth-order valence-electron chi connectivity index (χ4n) is 1.00. The van der Waals surface area contributed by atoms with E-state index in [0.717, 1.165) is 6.42 Å². The van der Waals surface area contributed by atoms with Gasteiger partial charge in [-0.1, -0.05) is 6.92 Å². The van der Waals surface area contributed by atoms with Crippen LogP contribution in [0.1, 0.15) is 13.3 Å². The van der Waals surface area contributed by atoms with Gasteiger partial charge in [-0.25, -0.2) is 0 Å². The van der Waals surface area contributed by atoms with Crippen LogP contribution in [-0.4, -0.2) is 64.2 Å². The van der Waals surface area contributed by atoms with Crippen molar-refractivity contribution in [1.29, 1.82) is 0 Å². The zero-order valence-electron chi connectivity index (χ0n) is 8.76. The van der Waals surface area contributed by atoms with E-state index in [4.69, 9.17) is 15.3 Å². The summed E-state index contributed by atoms with van der Waals surface area (Å²) in [6.07, 6.45) is -3.79. The molecule has 0 bridgehead atoms. The van der Waals surface area contributed by atoms with Crippen molar-refractivity contribution in [2.75, 3.05) is 19.7 Å². The molecule has 15 heavy (non-hydrogen) atoms. The lowest BCUT2D eigenvalue weighted by Crippen LogP contribution is -2.45. The van der Waals surface area contributed by atoms with Gasteiger partial charge in [0.1, 0.15) is 18.3 Å². The van der Waals surface area contributed by atoms with Crippen LogP contribution in [0.2, 0.25) is 0 Å². The lowest BCUT2D eigenvalue weighted by molar-refractivity contribution is -0.142. The summed E-state index contributed by atoms with van der Waals surface area (Å²) in [4.78, 5) is 11.2. The molecule has 90 valence electrons. The molecule has 0 heterocycles. The number of hydrogen-bond donors (Lipinski definition) is 5. The Morgan fingerprint density at radius 2 is 1.93 bits per heavy atom. The quantitative estimate of drug-likeness (QED) is 0.293. The molecule has 0 amide bonds. The first-order valence-electron chi connectivity index (χ1n) is 4.94. The van der Waals surface area contributed by atoms with Gasteiger partial charge in [0.15, 0.2) is 5.78 Å². The van der Waals surface area contributed by atoms with Crippen LogP contribution in [0.25, 0.3) is 0 Å². The van der Waals surface area contributed by atoms with Crippen LogP contribution in [0, 0.1) is 0 Å². The lowest BCUT2D eigenvalue weighted by atomic mass is 10.1. The Hall–Kier alpha value is -0.530. The van der Waals surface area contributed by atoms with Crippen LogP contribution < -0.4 is 5.32 Å². The van der Waals surface area contributed by atoms with Gasteiger partial charge in [-0.15, -0.1) is 0 Å². The van der Waals surface area contributed by atoms with Gasteiger partial charge < -0.3 is 25.7 Å². The monoisotopic (exact) mass is 221 g/mol. The van der Waals surface area contributed by atoms with E-state index in [1.807, 2.05) is 6.92 Å². The lowest BCUT2D eigenvalue weighted by Gasteiger charge is -2.18. The van der Waals surface area contributed by atoms with E-state index in [9.17, 15) is 9.90 Å². The van der Waals surface area contributed by atoms with E-state index < -0.39 is 30.7 Å². The molecule has 6 heteroatoms. The highest BCUT2D eigenvalue weighted by molar-refractivity contribution is 5.87. The van der Waals surface area contributed by atoms with Crippen LogP contribution in [0.4, 0.5) is 0 Å². The molecule has 0 radical (unpaired) electrons. The fourth-order valence-corrected chi connectivity index (χ4v) is 1.00. The Labute approximate surface area is 88.5 Å². The van der Waals surface area contributed by atoms with E-state index in [1.54, 1.807) is 0 Å². The highest BCUT2D eigenvalue weighted by Crippen LogP contribution is 1.98. The Balaban J connectivity index is 3.96. The summed E-state index contributed by atoms with van der Waals surface area (Å²) < 4.78 is 0. The summed E-state index contributed by atoms with van der Waals surface area (Å²) in [6, 6.07) is 0. The third kappa shape index (κ3) is 5.19. The van der Waals surface area contributed by atoms with E-state index >= 15 is 0 Å². The van der Waals surface area contributed by atoms with Gasteiger partial charge in [-0.2, -0.15) is 0 Å². The van der Waals surface area contributed by atoms with Gasteiger partial charge >= 0.3 is 0 Å². The number of carbonyl (C=O) groups is 1. The Bertz CT molecular complexity index is 187. The summed E-state index contributed by atoms with van der Waals surface area (Å²) in [6.45, 7) is 1.90. The molecule has 0 aromatic heterocycles. The van der Waals surface area contributed by atoms with Gasteiger partial charge in [0, 0.05) is 6.54 Å². The maximum absolute atomic E-state index is 11.2. The number of nitrogens with one attached hydrogen (secondary N) is 1. The van der Waals surface area contributed by atoms with Crippen molar-refractivity contribution in [2.45, 2.75) is 31.7 Å². The first kappa shape index (κ1) is 14.5. The first-order valence-corrected chi connectivity index (χ1v) is 4.94. The van der Waals surface area contributed by atoms with Crippen LogP contribution in [-0.2, 0) is 4.79 Å².